The highest BCUT2D eigenvalue weighted by Crippen LogP contribution is 2.20. The molecule has 1 heterocycles. The molecule has 0 atom stereocenters. The first-order valence-electron chi connectivity index (χ1n) is 6.97. The molecule has 0 saturated carbocycles. The molecule has 0 unspecified atom stereocenters. The predicted molar refractivity (Wildman–Crippen MR) is 83.8 cm³/mol. The molecular formula is C15H21BrN2O2. The lowest BCUT2D eigenvalue weighted by molar-refractivity contribution is -0.117. The van der Waals surface area contributed by atoms with Gasteiger partial charge in [0, 0.05) is 16.8 Å². The Morgan fingerprint density at radius 1 is 1.45 bits per heavy atom. The molecule has 0 aromatic heterocycles. The maximum Gasteiger partial charge on any atom is 0.238 e. The Morgan fingerprint density at radius 2 is 2.15 bits per heavy atom. The number of likely N-dealkylation sites (tertiary alicyclic amines) is 1. The van der Waals surface area contributed by atoms with Gasteiger partial charge in [0.1, 0.15) is 0 Å². The number of hydrogen-bond donors (Lipinski definition) is 2. The number of rotatable bonds is 4. The minimum Gasteiger partial charge on any atom is -0.396 e. The van der Waals surface area contributed by atoms with Crippen molar-refractivity contribution < 1.29 is 9.90 Å². The van der Waals surface area contributed by atoms with E-state index in [1.807, 2.05) is 25.1 Å². The smallest absolute Gasteiger partial charge is 0.238 e. The zero-order chi connectivity index (χ0) is 14.5. The van der Waals surface area contributed by atoms with Gasteiger partial charge in [-0.1, -0.05) is 15.9 Å². The number of aliphatic hydroxyl groups is 1. The van der Waals surface area contributed by atoms with E-state index < -0.39 is 0 Å². The Labute approximate surface area is 128 Å². The van der Waals surface area contributed by atoms with Gasteiger partial charge in [0.25, 0.3) is 0 Å². The molecule has 0 bridgehead atoms. The maximum atomic E-state index is 12.1. The van der Waals surface area contributed by atoms with Crippen LogP contribution < -0.4 is 5.32 Å². The average Bonchev–Trinajstić information content (AvgIpc) is 2.43. The lowest BCUT2D eigenvalue weighted by Gasteiger charge is -2.30. The van der Waals surface area contributed by atoms with Gasteiger partial charge in [-0.25, -0.2) is 0 Å². The van der Waals surface area contributed by atoms with E-state index >= 15 is 0 Å². The van der Waals surface area contributed by atoms with Crippen LogP contribution in [0.3, 0.4) is 0 Å². The van der Waals surface area contributed by atoms with Crippen molar-refractivity contribution in [3.05, 3.63) is 28.2 Å². The Kier molecular flexibility index (Phi) is 5.57. The highest BCUT2D eigenvalue weighted by atomic mass is 79.9. The van der Waals surface area contributed by atoms with E-state index in [4.69, 9.17) is 5.11 Å². The first-order chi connectivity index (χ1) is 9.58. The first-order valence-corrected chi connectivity index (χ1v) is 7.77. The molecule has 0 aliphatic carbocycles. The molecule has 1 amide bonds. The number of amides is 1. The summed E-state index contributed by atoms with van der Waals surface area (Å²) in [6.45, 7) is 4.44. The number of nitrogens with zero attached hydrogens (tertiary/aromatic N) is 1. The summed E-state index contributed by atoms with van der Waals surface area (Å²) < 4.78 is 1.01. The van der Waals surface area contributed by atoms with Gasteiger partial charge < -0.3 is 10.4 Å². The Hall–Kier alpha value is -0.910. The van der Waals surface area contributed by atoms with Crippen LogP contribution in [0.25, 0.3) is 0 Å². The van der Waals surface area contributed by atoms with Gasteiger partial charge in [0.2, 0.25) is 5.91 Å². The zero-order valence-electron chi connectivity index (χ0n) is 11.7. The van der Waals surface area contributed by atoms with E-state index in [1.165, 1.54) is 0 Å². The van der Waals surface area contributed by atoms with Gasteiger partial charge in [-0.3, -0.25) is 9.69 Å². The van der Waals surface area contributed by atoms with E-state index in [-0.39, 0.29) is 12.5 Å². The Balaban J connectivity index is 1.84. The number of nitrogens with one attached hydrogen (secondary N) is 1. The standard InChI is InChI=1S/C15H21BrN2O2/c1-11-8-13(16)2-3-14(11)17-15(20)9-18-6-4-12(10-19)5-7-18/h2-3,8,12,19H,4-7,9-10H2,1H3,(H,17,20). The van der Waals surface area contributed by atoms with Crippen molar-refractivity contribution in [3.8, 4) is 0 Å². The number of hydrogen-bond acceptors (Lipinski definition) is 3. The molecular weight excluding hydrogens is 320 g/mol. The van der Waals surface area contributed by atoms with Crippen LogP contribution in [0.4, 0.5) is 5.69 Å². The van der Waals surface area contributed by atoms with E-state index in [0.29, 0.717) is 12.5 Å². The maximum absolute atomic E-state index is 12.1. The molecule has 2 N–H and O–H groups in total. The van der Waals surface area contributed by atoms with Crippen LogP contribution in [0.2, 0.25) is 0 Å². The summed E-state index contributed by atoms with van der Waals surface area (Å²) in [5, 5.41) is 12.1. The van der Waals surface area contributed by atoms with E-state index in [0.717, 1.165) is 41.7 Å². The molecule has 0 spiro atoms. The molecule has 0 radical (unpaired) electrons. The van der Waals surface area contributed by atoms with Crippen LogP contribution in [0.1, 0.15) is 18.4 Å². The van der Waals surface area contributed by atoms with Gasteiger partial charge in [-0.2, -0.15) is 0 Å². The number of halogens is 1. The highest BCUT2D eigenvalue weighted by Gasteiger charge is 2.20. The molecule has 1 aromatic carbocycles. The number of aryl methyl sites for hydroxylation is 1. The van der Waals surface area contributed by atoms with Crippen LogP contribution in [-0.2, 0) is 4.79 Å². The Bertz CT molecular complexity index is 471. The van der Waals surface area contributed by atoms with Crippen LogP contribution >= 0.6 is 15.9 Å². The summed E-state index contributed by atoms with van der Waals surface area (Å²) in [6.07, 6.45) is 1.95. The normalized spacial score (nSPS) is 17.1. The molecule has 1 aliphatic heterocycles. The molecule has 1 aromatic rings. The van der Waals surface area contributed by atoms with Crippen molar-refractivity contribution in [3.63, 3.8) is 0 Å². The van der Waals surface area contributed by atoms with Gasteiger partial charge in [0.05, 0.1) is 6.54 Å². The zero-order valence-corrected chi connectivity index (χ0v) is 13.3. The van der Waals surface area contributed by atoms with Gasteiger partial charge in [0.15, 0.2) is 0 Å². The second kappa shape index (κ2) is 7.20. The third-order valence-electron chi connectivity index (χ3n) is 3.80. The summed E-state index contributed by atoms with van der Waals surface area (Å²) in [7, 11) is 0. The lowest BCUT2D eigenvalue weighted by Crippen LogP contribution is -2.39. The number of aliphatic hydroxyl groups excluding tert-OH is 1. The minimum atomic E-state index is 0.0258. The first kappa shape index (κ1) is 15.5. The predicted octanol–water partition coefficient (Wildman–Crippen LogP) is 2.40. The molecule has 1 aliphatic rings. The topological polar surface area (TPSA) is 52.6 Å². The highest BCUT2D eigenvalue weighted by molar-refractivity contribution is 9.10. The number of carbonyl (C=O) groups is 1. The summed E-state index contributed by atoms with van der Waals surface area (Å²) in [6, 6.07) is 5.83. The number of piperidine rings is 1. The van der Waals surface area contributed by atoms with Crippen LogP contribution in [0.15, 0.2) is 22.7 Å². The van der Waals surface area contributed by atoms with Crippen molar-refractivity contribution in [1.29, 1.82) is 0 Å². The van der Waals surface area contributed by atoms with Gasteiger partial charge >= 0.3 is 0 Å². The number of carbonyl (C=O) groups excluding carboxylic acids is 1. The second-order valence-electron chi connectivity index (χ2n) is 5.41. The Morgan fingerprint density at radius 3 is 2.75 bits per heavy atom. The molecule has 4 nitrogen and oxygen atoms in total. The van der Waals surface area contributed by atoms with Crippen LogP contribution in [0, 0.1) is 12.8 Å². The van der Waals surface area contributed by atoms with Crippen molar-refractivity contribution in [2.45, 2.75) is 19.8 Å². The van der Waals surface area contributed by atoms with Gasteiger partial charge in [-0.05, 0) is 62.5 Å². The van der Waals surface area contributed by atoms with Crippen molar-refractivity contribution >= 4 is 27.5 Å². The molecule has 5 heteroatoms. The molecule has 1 fully saturated rings. The summed E-state index contributed by atoms with van der Waals surface area (Å²) in [5.41, 5.74) is 1.91. The fourth-order valence-electron chi connectivity index (χ4n) is 2.49. The molecule has 1 saturated heterocycles. The second-order valence-corrected chi connectivity index (χ2v) is 6.33. The number of anilines is 1. The number of benzene rings is 1. The van der Waals surface area contributed by atoms with E-state index in [9.17, 15) is 4.79 Å². The molecule has 20 heavy (non-hydrogen) atoms. The van der Waals surface area contributed by atoms with Crippen LogP contribution in [-0.4, -0.2) is 42.2 Å². The fourth-order valence-corrected chi connectivity index (χ4v) is 2.96. The monoisotopic (exact) mass is 340 g/mol. The quantitative estimate of drug-likeness (QED) is 0.884. The van der Waals surface area contributed by atoms with Crippen LogP contribution in [0.5, 0.6) is 0 Å². The lowest BCUT2D eigenvalue weighted by atomic mass is 9.98. The van der Waals surface area contributed by atoms with Crippen molar-refractivity contribution in [2.24, 2.45) is 5.92 Å². The summed E-state index contributed by atoms with van der Waals surface area (Å²) in [5.74, 6) is 0.431. The minimum absolute atomic E-state index is 0.0258. The molecule has 2 rings (SSSR count). The SMILES string of the molecule is Cc1cc(Br)ccc1NC(=O)CN1CCC(CO)CC1. The average molecular weight is 341 g/mol. The van der Waals surface area contributed by atoms with Crippen molar-refractivity contribution in [2.75, 3.05) is 31.6 Å². The summed E-state index contributed by atoms with van der Waals surface area (Å²) in [4.78, 5) is 14.2. The fraction of sp³-hybridized carbons (Fsp3) is 0.533. The van der Waals surface area contributed by atoms with Gasteiger partial charge in [-0.15, -0.1) is 0 Å². The third kappa shape index (κ3) is 4.30. The molecule has 110 valence electrons. The van der Waals surface area contributed by atoms with Crippen molar-refractivity contribution in [1.82, 2.24) is 4.90 Å². The summed E-state index contributed by atoms with van der Waals surface area (Å²) >= 11 is 3.41. The van der Waals surface area contributed by atoms with E-state index in [2.05, 4.69) is 26.1 Å². The third-order valence-corrected chi connectivity index (χ3v) is 4.29. The van der Waals surface area contributed by atoms with E-state index in [1.54, 1.807) is 0 Å². The largest absolute Gasteiger partial charge is 0.396 e.